The first-order valence-electron chi connectivity index (χ1n) is 5.91. The van der Waals surface area contributed by atoms with E-state index in [1.54, 1.807) is 11.3 Å². The fourth-order valence-electron chi connectivity index (χ4n) is 1.95. The van der Waals surface area contributed by atoms with Crippen molar-refractivity contribution in [2.75, 3.05) is 6.54 Å². The van der Waals surface area contributed by atoms with Gasteiger partial charge in [-0.15, -0.1) is 11.3 Å². The predicted molar refractivity (Wildman–Crippen MR) is 70.8 cm³/mol. The van der Waals surface area contributed by atoms with Gasteiger partial charge in [0.15, 0.2) is 0 Å². The van der Waals surface area contributed by atoms with Crippen LogP contribution in [0.1, 0.15) is 23.4 Å². The fourth-order valence-corrected chi connectivity index (χ4v) is 2.70. The Morgan fingerprint density at radius 1 is 1.28 bits per heavy atom. The van der Waals surface area contributed by atoms with Gasteiger partial charge in [0.2, 0.25) is 0 Å². The number of hydrogen-bond donors (Lipinski definition) is 1. The highest BCUT2D eigenvalue weighted by Crippen LogP contribution is 2.24. The van der Waals surface area contributed by atoms with Crippen LogP contribution < -0.4 is 5.32 Å². The van der Waals surface area contributed by atoms with Gasteiger partial charge in [-0.05, 0) is 36.2 Å². The summed E-state index contributed by atoms with van der Waals surface area (Å²) in [7, 11) is 0. The minimum absolute atomic E-state index is 0.190. The molecule has 1 aromatic carbocycles. The van der Waals surface area contributed by atoms with Crippen molar-refractivity contribution in [1.82, 2.24) is 5.32 Å². The second kappa shape index (κ2) is 6.07. The van der Waals surface area contributed by atoms with Crippen LogP contribution in [0, 0.1) is 11.6 Å². The van der Waals surface area contributed by atoms with Crippen molar-refractivity contribution >= 4 is 11.3 Å². The zero-order valence-corrected chi connectivity index (χ0v) is 10.9. The molecule has 0 fully saturated rings. The van der Waals surface area contributed by atoms with Crippen LogP contribution in [0.2, 0.25) is 0 Å². The average molecular weight is 267 g/mol. The number of rotatable bonds is 5. The van der Waals surface area contributed by atoms with E-state index < -0.39 is 5.82 Å². The SMILES string of the molecule is CCNC(Cc1cccs1)c1cc(F)ccc1F. The van der Waals surface area contributed by atoms with Crippen LogP contribution in [-0.2, 0) is 6.42 Å². The molecule has 96 valence electrons. The highest BCUT2D eigenvalue weighted by atomic mass is 32.1. The smallest absolute Gasteiger partial charge is 0.128 e. The summed E-state index contributed by atoms with van der Waals surface area (Å²) in [5, 5.41) is 5.19. The Kier molecular flexibility index (Phi) is 4.44. The van der Waals surface area contributed by atoms with E-state index in [1.807, 2.05) is 24.4 Å². The van der Waals surface area contributed by atoms with Crippen LogP contribution in [0.5, 0.6) is 0 Å². The number of thiophene rings is 1. The van der Waals surface area contributed by atoms with Crippen LogP contribution in [0.25, 0.3) is 0 Å². The normalized spacial score (nSPS) is 12.6. The van der Waals surface area contributed by atoms with E-state index in [0.717, 1.165) is 10.9 Å². The van der Waals surface area contributed by atoms with Gasteiger partial charge in [0.1, 0.15) is 11.6 Å². The van der Waals surface area contributed by atoms with Crippen molar-refractivity contribution in [2.45, 2.75) is 19.4 Å². The van der Waals surface area contributed by atoms with Crippen molar-refractivity contribution in [3.05, 3.63) is 57.8 Å². The highest BCUT2D eigenvalue weighted by Gasteiger charge is 2.16. The molecule has 0 radical (unpaired) electrons. The maximum atomic E-state index is 13.8. The summed E-state index contributed by atoms with van der Waals surface area (Å²) < 4.78 is 27.0. The lowest BCUT2D eigenvalue weighted by Crippen LogP contribution is -2.23. The first-order valence-corrected chi connectivity index (χ1v) is 6.79. The number of halogens is 2. The first kappa shape index (κ1) is 13.2. The van der Waals surface area contributed by atoms with Gasteiger partial charge in [-0.1, -0.05) is 13.0 Å². The Balaban J connectivity index is 2.26. The highest BCUT2D eigenvalue weighted by molar-refractivity contribution is 7.09. The van der Waals surface area contributed by atoms with Crippen LogP contribution >= 0.6 is 11.3 Å². The Morgan fingerprint density at radius 3 is 2.78 bits per heavy atom. The molecule has 0 bridgehead atoms. The van der Waals surface area contributed by atoms with E-state index in [-0.39, 0.29) is 11.9 Å². The van der Waals surface area contributed by atoms with Crippen molar-refractivity contribution in [3.63, 3.8) is 0 Å². The van der Waals surface area contributed by atoms with E-state index in [9.17, 15) is 8.78 Å². The predicted octanol–water partition coefficient (Wildman–Crippen LogP) is 3.92. The number of likely N-dealkylation sites (N-methyl/N-ethyl adjacent to an activating group) is 1. The monoisotopic (exact) mass is 267 g/mol. The van der Waals surface area contributed by atoms with Crippen LogP contribution in [-0.4, -0.2) is 6.54 Å². The minimum atomic E-state index is -0.402. The molecule has 0 aliphatic heterocycles. The van der Waals surface area contributed by atoms with E-state index in [4.69, 9.17) is 0 Å². The Hall–Kier alpha value is -1.26. The lowest BCUT2D eigenvalue weighted by molar-refractivity contribution is 0.504. The Morgan fingerprint density at radius 2 is 2.11 bits per heavy atom. The molecule has 1 heterocycles. The molecular weight excluding hydrogens is 252 g/mol. The lowest BCUT2D eigenvalue weighted by Gasteiger charge is -2.18. The van der Waals surface area contributed by atoms with Gasteiger partial charge in [-0.2, -0.15) is 0 Å². The van der Waals surface area contributed by atoms with Gasteiger partial charge in [0.05, 0.1) is 0 Å². The van der Waals surface area contributed by atoms with Gasteiger partial charge >= 0.3 is 0 Å². The quantitative estimate of drug-likeness (QED) is 0.865. The lowest BCUT2D eigenvalue weighted by atomic mass is 10.0. The maximum Gasteiger partial charge on any atom is 0.128 e. The molecule has 0 spiro atoms. The molecule has 0 aliphatic carbocycles. The topological polar surface area (TPSA) is 12.0 Å². The third-order valence-electron chi connectivity index (χ3n) is 2.77. The van der Waals surface area contributed by atoms with Crippen molar-refractivity contribution < 1.29 is 8.78 Å². The van der Waals surface area contributed by atoms with Gasteiger partial charge in [0, 0.05) is 22.9 Å². The zero-order chi connectivity index (χ0) is 13.0. The number of benzene rings is 1. The van der Waals surface area contributed by atoms with Crippen molar-refractivity contribution in [2.24, 2.45) is 0 Å². The van der Waals surface area contributed by atoms with E-state index in [2.05, 4.69) is 5.32 Å². The third kappa shape index (κ3) is 3.15. The number of hydrogen-bond acceptors (Lipinski definition) is 2. The molecule has 4 heteroatoms. The average Bonchev–Trinajstić information content (AvgIpc) is 2.85. The van der Waals surface area contributed by atoms with Gasteiger partial charge in [0.25, 0.3) is 0 Å². The molecule has 0 amide bonds. The molecule has 0 saturated heterocycles. The third-order valence-corrected chi connectivity index (χ3v) is 3.67. The second-order valence-corrected chi connectivity index (χ2v) is 5.09. The van der Waals surface area contributed by atoms with Crippen LogP contribution in [0.4, 0.5) is 8.78 Å². The van der Waals surface area contributed by atoms with Crippen LogP contribution in [0.3, 0.4) is 0 Å². The summed E-state index contributed by atoms with van der Waals surface area (Å²) in [4.78, 5) is 1.16. The van der Waals surface area contributed by atoms with E-state index in [1.165, 1.54) is 12.1 Å². The molecule has 1 atom stereocenters. The summed E-state index contributed by atoms with van der Waals surface area (Å²) >= 11 is 1.63. The molecule has 1 N–H and O–H groups in total. The van der Waals surface area contributed by atoms with Gasteiger partial charge in [-0.25, -0.2) is 8.78 Å². The summed E-state index contributed by atoms with van der Waals surface area (Å²) in [6.45, 7) is 2.67. The molecule has 2 aromatic rings. The molecular formula is C14H15F2NS. The summed E-state index contributed by atoms with van der Waals surface area (Å²) in [6, 6.07) is 7.38. The summed E-state index contributed by atoms with van der Waals surface area (Å²) in [6.07, 6.45) is 0.673. The van der Waals surface area contributed by atoms with E-state index in [0.29, 0.717) is 18.5 Å². The molecule has 1 aromatic heterocycles. The maximum absolute atomic E-state index is 13.8. The minimum Gasteiger partial charge on any atom is -0.310 e. The van der Waals surface area contributed by atoms with Crippen molar-refractivity contribution in [3.8, 4) is 0 Å². The van der Waals surface area contributed by atoms with Gasteiger partial charge in [-0.3, -0.25) is 0 Å². The molecule has 0 aliphatic rings. The summed E-state index contributed by atoms with van der Waals surface area (Å²) in [5.74, 6) is -0.764. The standard InChI is InChI=1S/C14H15F2NS/c1-2-17-14(9-11-4-3-7-18-11)12-8-10(15)5-6-13(12)16/h3-8,14,17H,2,9H2,1H3. The van der Waals surface area contributed by atoms with E-state index >= 15 is 0 Å². The molecule has 2 rings (SSSR count). The largest absolute Gasteiger partial charge is 0.310 e. The first-order chi connectivity index (χ1) is 8.70. The fraction of sp³-hybridized carbons (Fsp3) is 0.286. The Labute approximate surface area is 109 Å². The molecule has 1 nitrogen and oxygen atoms in total. The molecule has 1 unspecified atom stereocenters. The number of nitrogens with one attached hydrogen (secondary N) is 1. The molecule has 0 saturated carbocycles. The molecule has 18 heavy (non-hydrogen) atoms. The van der Waals surface area contributed by atoms with Gasteiger partial charge < -0.3 is 5.32 Å². The van der Waals surface area contributed by atoms with Crippen LogP contribution in [0.15, 0.2) is 35.7 Å². The van der Waals surface area contributed by atoms with Crippen molar-refractivity contribution in [1.29, 1.82) is 0 Å². The summed E-state index contributed by atoms with van der Waals surface area (Å²) in [5.41, 5.74) is 0.394. The second-order valence-electron chi connectivity index (χ2n) is 4.06. The zero-order valence-electron chi connectivity index (χ0n) is 10.1. The Bertz CT molecular complexity index is 497.